The summed E-state index contributed by atoms with van der Waals surface area (Å²) in [6, 6.07) is 0.366. The second kappa shape index (κ2) is 6.24. The van der Waals surface area contributed by atoms with Crippen molar-refractivity contribution in [2.24, 2.45) is 23.5 Å². The van der Waals surface area contributed by atoms with Gasteiger partial charge in [0.05, 0.1) is 11.2 Å². The van der Waals surface area contributed by atoms with E-state index in [2.05, 4.69) is 19.2 Å². The van der Waals surface area contributed by atoms with Crippen molar-refractivity contribution in [1.29, 1.82) is 0 Å². The maximum absolute atomic E-state index is 11.9. The van der Waals surface area contributed by atoms with Gasteiger partial charge in [-0.2, -0.15) is 0 Å². The monoisotopic (exact) mass is 316 g/mol. The molecule has 0 radical (unpaired) electrons. The van der Waals surface area contributed by atoms with Crippen LogP contribution in [0, 0.1) is 17.8 Å². The molecule has 1 saturated carbocycles. The number of primary amides is 1. The molecular weight excluding hydrogens is 288 g/mol. The maximum Gasteiger partial charge on any atom is 0.222 e. The first-order valence-electron chi connectivity index (χ1n) is 7.94. The fourth-order valence-corrected chi connectivity index (χ4v) is 5.53. The summed E-state index contributed by atoms with van der Waals surface area (Å²) in [6.45, 7) is 4.20. The van der Waals surface area contributed by atoms with Crippen LogP contribution in [-0.2, 0) is 14.6 Å². The number of amides is 1. The molecule has 0 aromatic heterocycles. The summed E-state index contributed by atoms with van der Waals surface area (Å²) < 4.78 is 23.7. The largest absolute Gasteiger partial charge is 0.369 e. The second-order valence-corrected chi connectivity index (χ2v) is 9.44. The Balaban J connectivity index is 2.18. The molecule has 21 heavy (non-hydrogen) atoms. The minimum absolute atomic E-state index is 0.0193. The zero-order valence-electron chi connectivity index (χ0n) is 13.2. The Labute approximate surface area is 128 Å². The van der Waals surface area contributed by atoms with Gasteiger partial charge in [0, 0.05) is 18.3 Å². The Morgan fingerprint density at radius 2 is 1.86 bits per heavy atom. The van der Waals surface area contributed by atoms with Crippen LogP contribution in [0.5, 0.6) is 0 Å². The minimum atomic E-state index is -3.01. The molecule has 2 rings (SSSR count). The molecule has 1 amide bonds. The van der Waals surface area contributed by atoms with Crippen LogP contribution in [0.15, 0.2) is 0 Å². The molecule has 2 fully saturated rings. The molecule has 6 heteroatoms. The molecule has 5 nitrogen and oxygen atoms in total. The molecule has 6 unspecified atom stereocenters. The van der Waals surface area contributed by atoms with Crippen molar-refractivity contribution in [3.05, 3.63) is 0 Å². The molecule has 1 aliphatic heterocycles. The molecule has 0 aromatic rings. The Hall–Kier alpha value is -0.620. The zero-order chi connectivity index (χ0) is 15.8. The highest BCUT2D eigenvalue weighted by Gasteiger charge is 2.43. The van der Waals surface area contributed by atoms with Crippen molar-refractivity contribution in [2.75, 3.05) is 6.26 Å². The van der Waals surface area contributed by atoms with Crippen molar-refractivity contribution in [3.63, 3.8) is 0 Å². The smallest absolute Gasteiger partial charge is 0.222 e. The van der Waals surface area contributed by atoms with Crippen molar-refractivity contribution < 1.29 is 13.2 Å². The topological polar surface area (TPSA) is 89.3 Å². The molecule has 1 saturated heterocycles. The number of sulfone groups is 1. The third-order valence-electron chi connectivity index (χ3n) is 5.31. The molecule has 0 spiro atoms. The van der Waals surface area contributed by atoms with Gasteiger partial charge in [-0.3, -0.25) is 4.79 Å². The molecule has 0 bridgehead atoms. The van der Waals surface area contributed by atoms with E-state index in [-0.39, 0.29) is 35.0 Å². The van der Waals surface area contributed by atoms with Crippen molar-refractivity contribution in [3.8, 4) is 0 Å². The third-order valence-corrected chi connectivity index (χ3v) is 6.95. The van der Waals surface area contributed by atoms with E-state index in [9.17, 15) is 13.2 Å². The molecule has 0 aromatic carbocycles. The van der Waals surface area contributed by atoms with Crippen LogP contribution in [0.25, 0.3) is 0 Å². The first-order chi connectivity index (χ1) is 9.70. The van der Waals surface area contributed by atoms with Gasteiger partial charge in [-0.05, 0) is 44.4 Å². The summed E-state index contributed by atoms with van der Waals surface area (Å²) >= 11 is 0. The standard InChI is InChI=1S/C15H28N2O3S/c1-9-7-10(2)17-14(13(9)15(16)18)11-5-4-6-12(8-11)21(3,19)20/h9-14,17H,4-8H2,1-3H3,(H2,16,18). The molecule has 2 aliphatic rings. The molecule has 1 aliphatic carbocycles. The van der Waals surface area contributed by atoms with Gasteiger partial charge in [-0.25, -0.2) is 8.42 Å². The van der Waals surface area contributed by atoms with Crippen LogP contribution in [-0.4, -0.2) is 37.9 Å². The van der Waals surface area contributed by atoms with Crippen LogP contribution < -0.4 is 11.1 Å². The molecule has 6 atom stereocenters. The predicted molar refractivity (Wildman–Crippen MR) is 83.4 cm³/mol. The van der Waals surface area contributed by atoms with Gasteiger partial charge in [-0.1, -0.05) is 13.3 Å². The number of nitrogens with one attached hydrogen (secondary N) is 1. The van der Waals surface area contributed by atoms with Crippen LogP contribution in [0.3, 0.4) is 0 Å². The van der Waals surface area contributed by atoms with E-state index in [1.165, 1.54) is 6.26 Å². The number of hydrogen-bond acceptors (Lipinski definition) is 4. The van der Waals surface area contributed by atoms with Crippen LogP contribution >= 0.6 is 0 Å². The van der Waals surface area contributed by atoms with Gasteiger partial charge in [-0.15, -0.1) is 0 Å². The highest BCUT2D eigenvalue weighted by Crippen LogP contribution is 2.38. The van der Waals surface area contributed by atoms with Crippen molar-refractivity contribution in [1.82, 2.24) is 5.32 Å². The van der Waals surface area contributed by atoms with E-state index >= 15 is 0 Å². The van der Waals surface area contributed by atoms with E-state index in [0.717, 1.165) is 25.7 Å². The van der Waals surface area contributed by atoms with Crippen LogP contribution in [0.4, 0.5) is 0 Å². The number of carbonyl (C=O) groups excluding carboxylic acids is 1. The lowest BCUT2D eigenvalue weighted by Crippen LogP contribution is -2.58. The van der Waals surface area contributed by atoms with E-state index in [4.69, 9.17) is 5.73 Å². The molecule has 1 heterocycles. The average Bonchev–Trinajstić information content (AvgIpc) is 2.36. The van der Waals surface area contributed by atoms with Gasteiger partial charge < -0.3 is 11.1 Å². The number of hydrogen-bond donors (Lipinski definition) is 2. The molecule has 122 valence electrons. The number of rotatable bonds is 3. The Morgan fingerprint density at radius 1 is 1.19 bits per heavy atom. The third kappa shape index (κ3) is 3.77. The van der Waals surface area contributed by atoms with Crippen molar-refractivity contribution in [2.45, 2.75) is 63.3 Å². The van der Waals surface area contributed by atoms with Crippen molar-refractivity contribution >= 4 is 15.7 Å². The number of nitrogens with two attached hydrogens (primary N) is 1. The lowest BCUT2D eigenvalue weighted by Gasteiger charge is -2.45. The first kappa shape index (κ1) is 16.7. The summed E-state index contributed by atoms with van der Waals surface area (Å²) in [5.41, 5.74) is 5.62. The van der Waals surface area contributed by atoms with Crippen LogP contribution in [0.1, 0.15) is 46.0 Å². The molecule has 3 N–H and O–H groups in total. The Bertz CT molecular complexity index is 491. The summed E-state index contributed by atoms with van der Waals surface area (Å²) in [5, 5.41) is 3.26. The quantitative estimate of drug-likeness (QED) is 0.815. The Kier molecular flexibility index (Phi) is 4.98. The Morgan fingerprint density at radius 3 is 2.43 bits per heavy atom. The summed E-state index contributed by atoms with van der Waals surface area (Å²) in [7, 11) is -3.01. The lowest BCUT2D eigenvalue weighted by atomic mass is 9.70. The van der Waals surface area contributed by atoms with Gasteiger partial charge >= 0.3 is 0 Å². The van der Waals surface area contributed by atoms with Gasteiger partial charge in [0.15, 0.2) is 0 Å². The fourth-order valence-electron chi connectivity index (χ4n) is 4.34. The normalized spacial score (nSPS) is 41.7. The summed E-state index contributed by atoms with van der Waals surface area (Å²) in [6.07, 6.45) is 5.55. The first-order valence-corrected chi connectivity index (χ1v) is 9.89. The van der Waals surface area contributed by atoms with E-state index in [0.29, 0.717) is 12.5 Å². The van der Waals surface area contributed by atoms with E-state index < -0.39 is 9.84 Å². The van der Waals surface area contributed by atoms with Gasteiger partial charge in [0.25, 0.3) is 0 Å². The summed E-state index contributed by atoms with van der Waals surface area (Å²) in [5.74, 6) is 0.0291. The van der Waals surface area contributed by atoms with Gasteiger partial charge in [0.1, 0.15) is 9.84 Å². The zero-order valence-corrected chi connectivity index (χ0v) is 14.0. The number of piperidine rings is 1. The SMILES string of the molecule is CC1CC(C)C(C(N)=O)C(C2CCCC(S(C)(=O)=O)C2)N1. The lowest BCUT2D eigenvalue weighted by molar-refractivity contribution is -0.126. The second-order valence-electron chi connectivity index (χ2n) is 7.11. The van der Waals surface area contributed by atoms with Crippen LogP contribution in [0.2, 0.25) is 0 Å². The predicted octanol–water partition coefficient (Wildman–Crippen LogP) is 1.08. The van der Waals surface area contributed by atoms with E-state index in [1.54, 1.807) is 0 Å². The summed E-state index contributed by atoms with van der Waals surface area (Å²) in [4.78, 5) is 11.9. The average molecular weight is 316 g/mol. The molecular formula is C15H28N2O3S. The minimum Gasteiger partial charge on any atom is -0.369 e. The van der Waals surface area contributed by atoms with E-state index in [1.807, 2.05) is 0 Å². The number of carbonyl (C=O) groups is 1. The van der Waals surface area contributed by atoms with Gasteiger partial charge in [0.2, 0.25) is 5.91 Å². The maximum atomic E-state index is 11.9. The fraction of sp³-hybridized carbons (Fsp3) is 0.933. The highest BCUT2D eigenvalue weighted by atomic mass is 32.2. The highest BCUT2D eigenvalue weighted by molar-refractivity contribution is 7.91.